The fourth-order valence-electron chi connectivity index (χ4n) is 1.65. The van der Waals surface area contributed by atoms with E-state index in [0.717, 1.165) is 12.2 Å². The number of aliphatic hydroxyl groups excluding tert-OH is 2. The van der Waals surface area contributed by atoms with Crippen LogP contribution in [0.3, 0.4) is 0 Å². The number of aliphatic hydroxyl groups is 2. The van der Waals surface area contributed by atoms with Gasteiger partial charge in [-0.15, -0.1) is 0 Å². The van der Waals surface area contributed by atoms with E-state index in [4.69, 9.17) is 10.2 Å². The minimum absolute atomic E-state index is 0.923. The van der Waals surface area contributed by atoms with Gasteiger partial charge in [0.15, 0.2) is 0 Å². The average molecular weight is 230 g/mol. The summed E-state index contributed by atoms with van der Waals surface area (Å²) in [4.78, 5) is 20.0. The van der Waals surface area contributed by atoms with Crippen LogP contribution in [0.25, 0.3) is 0 Å². The normalized spacial score (nSPS) is 32.6. The molecule has 0 aromatic carbocycles. The first kappa shape index (κ1) is 12.3. The Kier molecular flexibility index (Phi) is 3.06. The Morgan fingerprint density at radius 2 is 1.25 bits per heavy atom. The first-order valence-corrected chi connectivity index (χ1v) is 4.34. The van der Waals surface area contributed by atoms with Crippen LogP contribution in [0.15, 0.2) is 24.3 Å². The van der Waals surface area contributed by atoms with E-state index in [2.05, 4.69) is 0 Å². The van der Waals surface area contributed by atoms with Crippen molar-refractivity contribution >= 4 is 0 Å². The van der Waals surface area contributed by atoms with Crippen molar-refractivity contribution in [1.29, 1.82) is 0 Å². The fraction of sp³-hybridized carbons (Fsp3) is 0.500. The molecule has 0 heterocycles. The molecule has 2 unspecified atom stereocenters. The van der Waals surface area contributed by atoms with Crippen LogP contribution >= 0.6 is 0 Å². The van der Waals surface area contributed by atoms with Gasteiger partial charge in [0.05, 0.1) is 0 Å². The molecule has 0 bridgehead atoms. The highest BCUT2D eigenvalue weighted by molar-refractivity contribution is 5.29. The third-order valence-corrected chi connectivity index (χ3v) is 2.74. The van der Waals surface area contributed by atoms with Crippen molar-refractivity contribution in [1.82, 2.24) is 0 Å². The van der Waals surface area contributed by atoms with Crippen molar-refractivity contribution in [3.05, 3.63) is 44.5 Å². The molecule has 8 heteroatoms. The fourth-order valence-corrected chi connectivity index (χ4v) is 1.65. The lowest BCUT2D eigenvalue weighted by Crippen LogP contribution is -2.66. The van der Waals surface area contributed by atoms with Crippen molar-refractivity contribution in [2.24, 2.45) is 0 Å². The maximum atomic E-state index is 10.9. The summed E-state index contributed by atoms with van der Waals surface area (Å²) >= 11 is 0. The number of nitrogens with zero attached hydrogens (tertiary/aromatic N) is 2. The number of nitro groups is 2. The Hall–Kier alpha value is -1.80. The van der Waals surface area contributed by atoms with Crippen molar-refractivity contribution in [3.8, 4) is 0 Å². The number of allylic oxidation sites excluding steroid dienone is 2. The van der Waals surface area contributed by atoms with Gasteiger partial charge in [-0.2, -0.15) is 0 Å². The Morgan fingerprint density at radius 1 is 0.938 bits per heavy atom. The molecular weight excluding hydrogens is 220 g/mol. The molecule has 0 radical (unpaired) electrons. The molecule has 0 spiro atoms. The van der Waals surface area contributed by atoms with Crippen LogP contribution in [0, 0.1) is 20.2 Å². The topological polar surface area (TPSA) is 127 Å². The van der Waals surface area contributed by atoms with E-state index < -0.39 is 34.1 Å². The number of rotatable bonds is 4. The molecule has 1 aliphatic carbocycles. The molecule has 0 aromatic rings. The van der Waals surface area contributed by atoms with E-state index in [1.165, 1.54) is 12.2 Å². The van der Waals surface area contributed by atoms with Gasteiger partial charge in [0, 0.05) is 22.0 Å². The van der Waals surface area contributed by atoms with E-state index in [0.29, 0.717) is 0 Å². The molecule has 0 saturated heterocycles. The first-order valence-electron chi connectivity index (χ1n) is 4.34. The molecule has 16 heavy (non-hydrogen) atoms. The van der Waals surface area contributed by atoms with Crippen LogP contribution in [-0.2, 0) is 0 Å². The van der Waals surface area contributed by atoms with Crippen molar-refractivity contribution < 1.29 is 20.1 Å². The zero-order chi connectivity index (χ0) is 12.4. The predicted octanol–water partition coefficient (Wildman–Crippen LogP) is -0.872. The number of hydrogen-bond donors (Lipinski definition) is 2. The molecular formula is C8H10N2O6. The SMILES string of the molecule is O=[N+]([O-])C1(CO)C=CC=CC1(CO)[N+](=O)[O-]. The Morgan fingerprint density at radius 3 is 1.44 bits per heavy atom. The second-order valence-corrected chi connectivity index (χ2v) is 3.40. The van der Waals surface area contributed by atoms with Crippen molar-refractivity contribution in [3.63, 3.8) is 0 Å². The van der Waals surface area contributed by atoms with Gasteiger partial charge in [0.2, 0.25) is 0 Å². The van der Waals surface area contributed by atoms with Crippen LogP contribution in [-0.4, -0.2) is 44.4 Å². The first-order chi connectivity index (χ1) is 7.47. The van der Waals surface area contributed by atoms with Gasteiger partial charge in [0.25, 0.3) is 0 Å². The summed E-state index contributed by atoms with van der Waals surface area (Å²) in [7, 11) is 0. The predicted molar refractivity (Wildman–Crippen MR) is 51.9 cm³/mol. The lowest BCUT2D eigenvalue weighted by molar-refractivity contribution is -0.669. The van der Waals surface area contributed by atoms with Gasteiger partial charge in [-0.1, -0.05) is 12.2 Å². The third-order valence-electron chi connectivity index (χ3n) is 2.74. The van der Waals surface area contributed by atoms with Gasteiger partial charge in [-0.25, -0.2) is 0 Å². The summed E-state index contributed by atoms with van der Waals surface area (Å²) in [6.07, 6.45) is 4.31. The second-order valence-electron chi connectivity index (χ2n) is 3.40. The molecule has 2 atom stereocenters. The molecule has 0 amide bonds. The van der Waals surface area contributed by atoms with Gasteiger partial charge >= 0.3 is 11.1 Å². The summed E-state index contributed by atoms with van der Waals surface area (Å²) in [5.41, 5.74) is -4.67. The maximum Gasteiger partial charge on any atom is 0.337 e. The number of hydrogen-bond acceptors (Lipinski definition) is 6. The maximum absolute atomic E-state index is 10.9. The molecule has 8 nitrogen and oxygen atoms in total. The van der Waals surface area contributed by atoms with Gasteiger partial charge in [-0.05, 0) is 0 Å². The lowest BCUT2D eigenvalue weighted by atomic mass is 9.75. The molecule has 0 aromatic heterocycles. The van der Waals surface area contributed by atoms with Crippen LogP contribution in [0.2, 0.25) is 0 Å². The van der Waals surface area contributed by atoms with E-state index in [1.807, 2.05) is 0 Å². The van der Waals surface area contributed by atoms with Crippen molar-refractivity contribution in [2.75, 3.05) is 13.2 Å². The summed E-state index contributed by atoms with van der Waals surface area (Å²) in [6, 6.07) is 0. The van der Waals surface area contributed by atoms with Crippen LogP contribution in [0.5, 0.6) is 0 Å². The highest BCUT2D eigenvalue weighted by Crippen LogP contribution is 2.34. The highest BCUT2D eigenvalue weighted by Gasteiger charge is 2.68. The van der Waals surface area contributed by atoms with Crippen LogP contribution in [0.4, 0.5) is 0 Å². The molecule has 1 aliphatic rings. The molecule has 0 aliphatic heterocycles. The zero-order valence-electron chi connectivity index (χ0n) is 8.15. The van der Waals surface area contributed by atoms with Gasteiger partial charge in [0.1, 0.15) is 13.2 Å². The lowest BCUT2D eigenvalue weighted by Gasteiger charge is -2.32. The molecule has 88 valence electrons. The third kappa shape index (κ3) is 1.31. The van der Waals surface area contributed by atoms with E-state index >= 15 is 0 Å². The van der Waals surface area contributed by atoms with E-state index in [-0.39, 0.29) is 0 Å². The minimum atomic E-state index is -2.33. The van der Waals surface area contributed by atoms with Crippen molar-refractivity contribution in [2.45, 2.75) is 11.1 Å². The van der Waals surface area contributed by atoms with Gasteiger partial charge in [-0.3, -0.25) is 20.2 Å². The quantitative estimate of drug-likeness (QED) is 0.477. The summed E-state index contributed by atoms with van der Waals surface area (Å²) in [5.74, 6) is 0. The standard InChI is InChI=1S/C8H10N2O6/c11-5-7(9(13)14)3-1-2-4-8(7,6-12)10(15)16/h1-4,11-12H,5-6H2. The summed E-state index contributed by atoms with van der Waals surface area (Å²) in [6.45, 7) is -2.13. The smallest absolute Gasteiger partial charge is 0.337 e. The van der Waals surface area contributed by atoms with E-state index in [1.54, 1.807) is 0 Å². The molecule has 1 rings (SSSR count). The highest BCUT2D eigenvalue weighted by atomic mass is 16.7. The van der Waals surface area contributed by atoms with Gasteiger partial charge < -0.3 is 10.2 Å². The van der Waals surface area contributed by atoms with E-state index in [9.17, 15) is 20.2 Å². The van der Waals surface area contributed by atoms with Crippen LogP contribution < -0.4 is 0 Å². The Balaban J connectivity index is 3.44. The Labute approximate surface area is 89.8 Å². The summed E-state index contributed by atoms with van der Waals surface area (Å²) < 4.78 is 0. The largest absolute Gasteiger partial charge is 0.388 e. The minimum Gasteiger partial charge on any atom is -0.388 e. The molecule has 0 fully saturated rings. The summed E-state index contributed by atoms with van der Waals surface area (Å²) in [5, 5.41) is 40.0. The monoisotopic (exact) mass is 230 g/mol. The zero-order valence-corrected chi connectivity index (χ0v) is 8.15. The molecule has 0 saturated carbocycles. The molecule has 2 N–H and O–H groups in total. The Bertz CT molecular complexity index is 343. The average Bonchev–Trinajstić information content (AvgIpc) is 2.27. The second kappa shape index (κ2) is 3.99. The van der Waals surface area contributed by atoms with Crippen LogP contribution in [0.1, 0.15) is 0 Å².